The van der Waals surface area contributed by atoms with Gasteiger partial charge in [0.25, 0.3) is 5.91 Å². The van der Waals surface area contributed by atoms with Crippen LogP contribution in [0.2, 0.25) is 0 Å². The summed E-state index contributed by atoms with van der Waals surface area (Å²) in [4.78, 5) is 25.5. The maximum Gasteiger partial charge on any atom is 0.261 e. The molecule has 28 heavy (non-hydrogen) atoms. The number of amides is 2. The van der Waals surface area contributed by atoms with Gasteiger partial charge in [0, 0.05) is 24.4 Å². The number of thiophene rings is 1. The van der Waals surface area contributed by atoms with Crippen LogP contribution >= 0.6 is 11.3 Å². The van der Waals surface area contributed by atoms with Gasteiger partial charge in [0.1, 0.15) is 10.6 Å². The summed E-state index contributed by atoms with van der Waals surface area (Å²) in [7, 11) is 0. The summed E-state index contributed by atoms with van der Waals surface area (Å²) in [5, 5.41) is 11.1. The molecule has 2 aromatic heterocycles. The van der Waals surface area contributed by atoms with Crippen LogP contribution in [-0.2, 0) is 11.3 Å². The van der Waals surface area contributed by atoms with E-state index in [0.29, 0.717) is 24.5 Å². The Bertz CT molecular complexity index is 992. The molecule has 0 atom stereocenters. The van der Waals surface area contributed by atoms with Gasteiger partial charge in [-0.1, -0.05) is 26.0 Å². The van der Waals surface area contributed by atoms with Crippen LogP contribution in [0.3, 0.4) is 0 Å². The predicted molar refractivity (Wildman–Crippen MR) is 108 cm³/mol. The molecular formula is C20H23FN4O2S. The Labute approximate surface area is 166 Å². The molecule has 8 heteroatoms. The number of hydrogen-bond donors (Lipinski definition) is 2. The summed E-state index contributed by atoms with van der Waals surface area (Å²) in [6.45, 7) is 6.81. The number of carbonyl (C=O) groups is 2. The summed E-state index contributed by atoms with van der Waals surface area (Å²) in [6, 6.07) is 8.14. The lowest BCUT2D eigenvalue weighted by atomic mass is 10.2. The highest BCUT2D eigenvalue weighted by atomic mass is 32.1. The fourth-order valence-corrected chi connectivity index (χ4v) is 3.82. The fraction of sp³-hybridized carbons (Fsp3) is 0.350. The number of aromatic nitrogens is 2. The first-order valence-electron chi connectivity index (χ1n) is 9.12. The minimum Gasteiger partial charge on any atom is -0.354 e. The molecule has 0 fully saturated rings. The van der Waals surface area contributed by atoms with Crippen molar-refractivity contribution in [2.45, 2.75) is 27.3 Å². The molecule has 0 unspecified atom stereocenters. The van der Waals surface area contributed by atoms with Crippen molar-refractivity contribution in [3.63, 3.8) is 0 Å². The lowest BCUT2D eigenvalue weighted by Crippen LogP contribution is -2.36. The van der Waals surface area contributed by atoms with Crippen LogP contribution in [0.5, 0.6) is 0 Å². The zero-order valence-electron chi connectivity index (χ0n) is 16.1. The van der Waals surface area contributed by atoms with Crippen LogP contribution in [0.4, 0.5) is 4.39 Å². The maximum absolute atomic E-state index is 13.1. The van der Waals surface area contributed by atoms with E-state index in [2.05, 4.69) is 15.7 Å². The van der Waals surface area contributed by atoms with Crippen LogP contribution in [0.1, 0.15) is 34.8 Å². The number of rotatable bonds is 7. The Kier molecular flexibility index (Phi) is 6.08. The van der Waals surface area contributed by atoms with E-state index in [1.165, 1.54) is 23.5 Å². The van der Waals surface area contributed by atoms with Gasteiger partial charge >= 0.3 is 0 Å². The molecule has 148 valence electrons. The Morgan fingerprint density at radius 2 is 1.86 bits per heavy atom. The van der Waals surface area contributed by atoms with E-state index in [1.807, 2.05) is 31.5 Å². The zero-order valence-corrected chi connectivity index (χ0v) is 16.9. The third-order valence-electron chi connectivity index (χ3n) is 4.31. The average molecular weight is 402 g/mol. The summed E-state index contributed by atoms with van der Waals surface area (Å²) in [5.74, 6) is -0.559. The molecule has 6 nitrogen and oxygen atoms in total. The predicted octanol–water partition coefficient (Wildman–Crippen LogP) is 3.10. The number of aryl methyl sites for hydroxylation is 1. The largest absolute Gasteiger partial charge is 0.354 e. The summed E-state index contributed by atoms with van der Waals surface area (Å²) >= 11 is 1.37. The number of carbonyl (C=O) groups excluding carboxylic acids is 2. The van der Waals surface area contributed by atoms with Crippen LogP contribution < -0.4 is 10.6 Å². The van der Waals surface area contributed by atoms with Gasteiger partial charge in [-0.15, -0.1) is 11.3 Å². The van der Waals surface area contributed by atoms with Gasteiger partial charge in [-0.05, 0) is 30.7 Å². The zero-order chi connectivity index (χ0) is 20.3. The molecule has 0 spiro atoms. The van der Waals surface area contributed by atoms with E-state index in [0.717, 1.165) is 21.5 Å². The number of halogens is 1. The van der Waals surface area contributed by atoms with Crippen molar-refractivity contribution in [3.8, 4) is 0 Å². The second-order valence-corrected chi connectivity index (χ2v) is 7.93. The first kappa shape index (κ1) is 20.0. The highest BCUT2D eigenvalue weighted by Crippen LogP contribution is 2.28. The van der Waals surface area contributed by atoms with Crippen molar-refractivity contribution < 1.29 is 14.0 Å². The molecule has 0 radical (unpaired) electrons. The fourth-order valence-electron chi connectivity index (χ4n) is 2.75. The Balaban J connectivity index is 1.67. The van der Waals surface area contributed by atoms with Crippen molar-refractivity contribution in [1.29, 1.82) is 0 Å². The van der Waals surface area contributed by atoms with E-state index < -0.39 is 0 Å². The third kappa shape index (κ3) is 4.56. The van der Waals surface area contributed by atoms with Crippen LogP contribution in [0.15, 0.2) is 30.3 Å². The topological polar surface area (TPSA) is 76.0 Å². The van der Waals surface area contributed by atoms with Crippen molar-refractivity contribution in [2.75, 3.05) is 13.1 Å². The van der Waals surface area contributed by atoms with Gasteiger partial charge in [-0.25, -0.2) is 4.39 Å². The Morgan fingerprint density at radius 3 is 2.54 bits per heavy atom. The van der Waals surface area contributed by atoms with Crippen molar-refractivity contribution in [1.82, 2.24) is 20.4 Å². The highest BCUT2D eigenvalue weighted by molar-refractivity contribution is 7.20. The number of benzene rings is 1. The van der Waals surface area contributed by atoms with Gasteiger partial charge in [-0.3, -0.25) is 14.3 Å². The number of nitrogens with zero attached hydrogens (tertiary/aromatic N) is 2. The molecule has 0 aliphatic heterocycles. The summed E-state index contributed by atoms with van der Waals surface area (Å²) in [5.41, 5.74) is 1.78. The van der Waals surface area contributed by atoms with Gasteiger partial charge in [0.15, 0.2) is 0 Å². The molecule has 0 aliphatic rings. The van der Waals surface area contributed by atoms with Gasteiger partial charge in [0.2, 0.25) is 5.91 Å². The average Bonchev–Trinajstić information content (AvgIpc) is 3.22. The molecule has 3 aromatic rings. The molecule has 3 rings (SSSR count). The lowest BCUT2D eigenvalue weighted by Gasteiger charge is -2.08. The van der Waals surface area contributed by atoms with E-state index in [4.69, 9.17) is 0 Å². The quantitative estimate of drug-likeness (QED) is 0.596. The minimum atomic E-state index is -0.273. The lowest BCUT2D eigenvalue weighted by molar-refractivity contribution is -0.123. The smallest absolute Gasteiger partial charge is 0.261 e. The summed E-state index contributed by atoms with van der Waals surface area (Å²) < 4.78 is 14.9. The molecule has 0 bridgehead atoms. The van der Waals surface area contributed by atoms with Crippen molar-refractivity contribution in [3.05, 3.63) is 52.3 Å². The third-order valence-corrected chi connectivity index (χ3v) is 5.46. The van der Waals surface area contributed by atoms with E-state index in [1.54, 1.807) is 12.1 Å². The molecule has 2 heterocycles. The second-order valence-electron chi connectivity index (χ2n) is 6.90. The normalized spacial score (nSPS) is 11.2. The SMILES string of the molecule is Cc1nn(Cc2ccc(F)cc2)c2sc(C(=O)NCCNC(=O)C(C)C)cc12. The van der Waals surface area contributed by atoms with Crippen LogP contribution in [0.25, 0.3) is 10.2 Å². The molecule has 0 saturated carbocycles. The van der Waals surface area contributed by atoms with Crippen LogP contribution in [-0.4, -0.2) is 34.7 Å². The van der Waals surface area contributed by atoms with E-state index >= 15 is 0 Å². The van der Waals surface area contributed by atoms with E-state index in [9.17, 15) is 14.0 Å². The standard InChI is InChI=1S/C20H23FN4O2S/c1-12(2)18(26)22-8-9-23-19(27)17-10-16-13(3)24-25(20(16)28-17)11-14-4-6-15(21)7-5-14/h4-7,10,12H,8-9,11H2,1-3H3,(H,22,26)(H,23,27). The molecule has 0 aliphatic carbocycles. The first-order valence-corrected chi connectivity index (χ1v) is 9.94. The monoisotopic (exact) mass is 402 g/mol. The Hall–Kier alpha value is -2.74. The van der Waals surface area contributed by atoms with Crippen molar-refractivity contribution in [2.24, 2.45) is 5.92 Å². The van der Waals surface area contributed by atoms with Gasteiger partial charge in [-0.2, -0.15) is 5.10 Å². The molecule has 2 N–H and O–H groups in total. The minimum absolute atomic E-state index is 0.0346. The molecule has 2 amide bonds. The van der Waals surface area contributed by atoms with Gasteiger partial charge < -0.3 is 10.6 Å². The summed E-state index contributed by atoms with van der Waals surface area (Å²) in [6.07, 6.45) is 0. The number of hydrogen-bond acceptors (Lipinski definition) is 4. The number of nitrogens with one attached hydrogen (secondary N) is 2. The molecular weight excluding hydrogens is 379 g/mol. The van der Waals surface area contributed by atoms with Crippen molar-refractivity contribution >= 4 is 33.4 Å². The molecule has 0 saturated heterocycles. The van der Waals surface area contributed by atoms with E-state index in [-0.39, 0.29) is 23.5 Å². The van der Waals surface area contributed by atoms with Gasteiger partial charge in [0.05, 0.1) is 17.1 Å². The van der Waals surface area contributed by atoms with Crippen LogP contribution in [0, 0.1) is 18.7 Å². The Morgan fingerprint density at radius 1 is 1.18 bits per heavy atom. The number of fused-ring (bicyclic) bond motifs is 1. The highest BCUT2D eigenvalue weighted by Gasteiger charge is 2.16. The molecule has 1 aromatic carbocycles. The second kappa shape index (κ2) is 8.52. The maximum atomic E-state index is 13.1. The first-order chi connectivity index (χ1) is 13.3.